The number of carbonyl (C=O) groups is 2. The summed E-state index contributed by atoms with van der Waals surface area (Å²) in [5.74, 6) is -1.16. The number of halogens is 1. The van der Waals surface area contributed by atoms with Crippen LogP contribution in [0, 0.1) is 5.82 Å². The Morgan fingerprint density at radius 2 is 1.29 bits per heavy atom. The lowest BCUT2D eigenvalue weighted by molar-refractivity contribution is -0.115. The van der Waals surface area contributed by atoms with E-state index in [9.17, 15) is 14.0 Å². The van der Waals surface area contributed by atoms with Crippen molar-refractivity contribution < 1.29 is 14.0 Å². The first-order valence-corrected chi connectivity index (χ1v) is 11.5. The van der Waals surface area contributed by atoms with E-state index in [2.05, 4.69) is 44.7 Å². The minimum atomic E-state index is -0.422. The fraction of sp³-hybridized carbons (Fsp3) is 0.259. The summed E-state index contributed by atoms with van der Waals surface area (Å²) in [4.78, 5) is 29.1. The number of hydrogen-bond donors (Lipinski definition) is 2. The number of anilines is 1. The van der Waals surface area contributed by atoms with E-state index in [0.717, 1.165) is 39.3 Å². The molecule has 2 N–H and O–H groups in total. The molecule has 7 heteroatoms. The SMILES string of the molecule is O=C(CNC(=O)c1ccc(F)cc1)Nc1ccc(CN2CCN(Cc3ccccc3)CC2)cc1. The molecule has 0 atom stereocenters. The van der Waals surface area contributed by atoms with Gasteiger partial charge in [0.15, 0.2) is 0 Å². The Balaban J connectivity index is 1.18. The standard InChI is InChI=1S/C27H29FN4O2/c28-24-10-8-23(9-11-24)27(34)29-18-26(33)30-25-12-6-22(7-13-25)20-32-16-14-31(15-17-32)19-21-4-2-1-3-5-21/h1-13H,14-20H2,(H,29,34)(H,30,33). The van der Waals surface area contributed by atoms with Crippen LogP contribution in [0.3, 0.4) is 0 Å². The molecule has 6 nitrogen and oxygen atoms in total. The number of hydrogen-bond acceptors (Lipinski definition) is 4. The van der Waals surface area contributed by atoms with Gasteiger partial charge < -0.3 is 10.6 Å². The molecule has 176 valence electrons. The molecule has 0 aromatic heterocycles. The van der Waals surface area contributed by atoms with Gasteiger partial charge in [-0.05, 0) is 47.5 Å². The number of benzene rings is 3. The number of carbonyl (C=O) groups excluding carboxylic acids is 2. The monoisotopic (exact) mass is 460 g/mol. The molecule has 0 aliphatic carbocycles. The summed E-state index contributed by atoms with van der Waals surface area (Å²) >= 11 is 0. The van der Waals surface area contributed by atoms with E-state index in [1.807, 2.05) is 30.3 Å². The molecule has 2 amide bonds. The van der Waals surface area contributed by atoms with Crippen LogP contribution in [0.15, 0.2) is 78.9 Å². The molecule has 0 bridgehead atoms. The Kier molecular flexibility index (Phi) is 8.01. The molecule has 1 saturated heterocycles. The third kappa shape index (κ3) is 6.97. The molecule has 3 aromatic carbocycles. The summed E-state index contributed by atoms with van der Waals surface area (Å²) in [6, 6.07) is 23.5. The highest BCUT2D eigenvalue weighted by atomic mass is 19.1. The molecule has 1 heterocycles. The summed E-state index contributed by atoms with van der Waals surface area (Å²) in [7, 11) is 0. The van der Waals surface area contributed by atoms with E-state index < -0.39 is 11.7 Å². The van der Waals surface area contributed by atoms with Crippen LogP contribution in [-0.4, -0.2) is 54.3 Å². The van der Waals surface area contributed by atoms with Crippen molar-refractivity contribution in [3.05, 3.63) is 101 Å². The van der Waals surface area contributed by atoms with Crippen molar-refractivity contribution >= 4 is 17.5 Å². The largest absolute Gasteiger partial charge is 0.343 e. The molecule has 0 radical (unpaired) electrons. The van der Waals surface area contributed by atoms with Gasteiger partial charge in [-0.3, -0.25) is 19.4 Å². The number of amides is 2. The maximum atomic E-state index is 13.0. The van der Waals surface area contributed by atoms with E-state index >= 15 is 0 Å². The highest BCUT2D eigenvalue weighted by Crippen LogP contribution is 2.14. The zero-order valence-electron chi connectivity index (χ0n) is 19.0. The summed E-state index contributed by atoms with van der Waals surface area (Å²) in [5, 5.41) is 5.32. The van der Waals surface area contributed by atoms with Gasteiger partial charge in [-0.25, -0.2) is 4.39 Å². The van der Waals surface area contributed by atoms with E-state index in [4.69, 9.17) is 0 Å². The maximum Gasteiger partial charge on any atom is 0.251 e. The second-order valence-electron chi connectivity index (χ2n) is 8.47. The van der Waals surface area contributed by atoms with Crippen LogP contribution < -0.4 is 10.6 Å². The van der Waals surface area contributed by atoms with Gasteiger partial charge in [0.25, 0.3) is 5.91 Å². The number of nitrogens with one attached hydrogen (secondary N) is 2. The molecule has 3 aromatic rings. The van der Waals surface area contributed by atoms with Crippen molar-refractivity contribution in [2.75, 3.05) is 38.0 Å². The predicted molar refractivity (Wildman–Crippen MR) is 131 cm³/mol. The number of piperazine rings is 1. The molecular formula is C27H29FN4O2. The topological polar surface area (TPSA) is 64.7 Å². The van der Waals surface area contributed by atoms with Crippen molar-refractivity contribution in [2.45, 2.75) is 13.1 Å². The Morgan fingerprint density at radius 1 is 0.735 bits per heavy atom. The van der Waals surface area contributed by atoms with Gasteiger partial charge in [0, 0.05) is 50.5 Å². The summed E-state index contributed by atoms with van der Waals surface area (Å²) in [5.41, 5.74) is 3.53. The van der Waals surface area contributed by atoms with Crippen molar-refractivity contribution in [2.24, 2.45) is 0 Å². The fourth-order valence-corrected chi connectivity index (χ4v) is 3.97. The molecule has 0 spiro atoms. The molecule has 0 saturated carbocycles. The molecule has 1 aliphatic heterocycles. The first-order valence-electron chi connectivity index (χ1n) is 11.5. The molecule has 34 heavy (non-hydrogen) atoms. The van der Waals surface area contributed by atoms with Crippen molar-refractivity contribution in [1.82, 2.24) is 15.1 Å². The summed E-state index contributed by atoms with van der Waals surface area (Å²) in [6.45, 7) is 5.86. The van der Waals surface area contributed by atoms with Gasteiger partial charge >= 0.3 is 0 Å². The van der Waals surface area contributed by atoms with Crippen molar-refractivity contribution in [1.29, 1.82) is 0 Å². The normalized spacial score (nSPS) is 14.5. The predicted octanol–water partition coefficient (Wildman–Crippen LogP) is 3.51. The third-order valence-corrected chi connectivity index (χ3v) is 5.87. The van der Waals surface area contributed by atoms with Gasteiger partial charge in [-0.2, -0.15) is 0 Å². The average molecular weight is 461 g/mol. The zero-order valence-corrected chi connectivity index (χ0v) is 19.0. The third-order valence-electron chi connectivity index (χ3n) is 5.87. The van der Waals surface area contributed by atoms with Crippen molar-refractivity contribution in [3.8, 4) is 0 Å². The smallest absolute Gasteiger partial charge is 0.251 e. The van der Waals surface area contributed by atoms with E-state index in [1.165, 1.54) is 35.4 Å². The highest BCUT2D eigenvalue weighted by molar-refractivity contribution is 5.99. The number of nitrogens with zero attached hydrogens (tertiary/aromatic N) is 2. The van der Waals surface area contributed by atoms with Crippen LogP contribution in [0.1, 0.15) is 21.5 Å². The van der Waals surface area contributed by atoms with Crippen LogP contribution in [0.25, 0.3) is 0 Å². The first kappa shape index (κ1) is 23.6. The van der Waals surface area contributed by atoms with E-state index in [1.54, 1.807) is 0 Å². The zero-order chi connectivity index (χ0) is 23.8. The van der Waals surface area contributed by atoms with Crippen LogP contribution >= 0.6 is 0 Å². The van der Waals surface area contributed by atoms with Gasteiger partial charge in [-0.1, -0.05) is 42.5 Å². The Bertz CT molecular complexity index is 1080. The van der Waals surface area contributed by atoms with Gasteiger partial charge in [-0.15, -0.1) is 0 Å². The molecule has 0 unspecified atom stereocenters. The van der Waals surface area contributed by atoms with Crippen LogP contribution in [0.5, 0.6) is 0 Å². The molecule has 1 fully saturated rings. The average Bonchev–Trinajstić information content (AvgIpc) is 2.86. The van der Waals surface area contributed by atoms with Gasteiger partial charge in [0.2, 0.25) is 5.91 Å². The van der Waals surface area contributed by atoms with Gasteiger partial charge in [0.05, 0.1) is 6.54 Å². The van der Waals surface area contributed by atoms with Crippen LogP contribution in [0.2, 0.25) is 0 Å². The second kappa shape index (κ2) is 11.5. The van der Waals surface area contributed by atoms with Crippen LogP contribution in [0.4, 0.5) is 10.1 Å². The lowest BCUT2D eigenvalue weighted by atomic mass is 10.1. The minimum Gasteiger partial charge on any atom is -0.343 e. The van der Waals surface area contributed by atoms with Crippen LogP contribution in [-0.2, 0) is 17.9 Å². The fourth-order valence-electron chi connectivity index (χ4n) is 3.97. The Hall–Kier alpha value is -3.55. The Morgan fingerprint density at radius 3 is 1.88 bits per heavy atom. The second-order valence-corrected chi connectivity index (χ2v) is 8.47. The van der Waals surface area contributed by atoms with Gasteiger partial charge in [0.1, 0.15) is 5.82 Å². The minimum absolute atomic E-state index is 0.161. The highest BCUT2D eigenvalue weighted by Gasteiger charge is 2.17. The van der Waals surface area contributed by atoms with Crippen molar-refractivity contribution in [3.63, 3.8) is 0 Å². The molecule has 4 rings (SSSR count). The Labute approximate surface area is 199 Å². The number of rotatable bonds is 8. The first-order chi connectivity index (χ1) is 16.5. The van der Waals surface area contributed by atoms with E-state index in [0.29, 0.717) is 11.3 Å². The summed E-state index contributed by atoms with van der Waals surface area (Å²) in [6.07, 6.45) is 0. The lowest BCUT2D eigenvalue weighted by Crippen LogP contribution is -2.45. The molecular weight excluding hydrogens is 431 g/mol. The lowest BCUT2D eigenvalue weighted by Gasteiger charge is -2.34. The molecule has 1 aliphatic rings. The summed E-state index contributed by atoms with van der Waals surface area (Å²) < 4.78 is 13.0. The maximum absolute atomic E-state index is 13.0. The van der Waals surface area contributed by atoms with E-state index in [-0.39, 0.29) is 12.5 Å². The quantitative estimate of drug-likeness (QED) is 0.540.